The Balaban J connectivity index is 1.64. The molecule has 1 unspecified atom stereocenters. The smallest absolute Gasteiger partial charge is 0.238 e. The van der Waals surface area contributed by atoms with Crippen molar-refractivity contribution in [3.63, 3.8) is 0 Å². The van der Waals surface area contributed by atoms with Gasteiger partial charge >= 0.3 is 0 Å². The lowest BCUT2D eigenvalue weighted by Crippen LogP contribution is -2.40. The quantitative estimate of drug-likeness (QED) is 0.687. The summed E-state index contributed by atoms with van der Waals surface area (Å²) in [5, 5.41) is 13.1. The molecule has 1 fully saturated rings. The van der Waals surface area contributed by atoms with Gasteiger partial charge in [-0.15, -0.1) is 10.2 Å². The molecule has 1 N–H and O–H groups in total. The Morgan fingerprint density at radius 3 is 2.96 bits per heavy atom. The highest BCUT2D eigenvalue weighted by molar-refractivity contribution is 7.98. The summed E-state index contributed by atoms with van der Waals surface area (Å²) in [7, 11) is 1.57. The third-order valence-corrected chi connectivity index (χ3v) is 5.82. The van der Waals surface area contributed by atoms with Gasteiger partial charge in [0.05, 0.1) is 19.3 Å². The summed E-state index contributed by atoms with van der Waals surface area (Å²) in [5.74, 6) is 1.82. The summed E-state index contributed by atoms with van der Waals surface area (Å²) < 4.78 is 7.47. The van der Waals surface area contributed by atoms with Crippen LogP contribution in [0.2, 0.25) is 5.02 Å². The van der Waals surface area contributed by atoms with E-state index in [1.165, 1.54) is 0 Å². The molecule has 1 aliphatic heterocycles. The maximum atomic E-state index is 12.6. The van der Waals surface area contributed by atoms with Crippen LogP contribution in [0.25, 0.3) is 0 Å². The number of carbonyl (C=O) groups is 1. The SMILES string of the molecule is CCn1c(SC)nnc1C1CCCN(CC(=O)Nc2cc(Cl)ccc2OC)C1. The number of aromatic nitrogens is 3. The summed E-state index contributed by atoms with van der Waals surface area (Å²) in [4.78, 5) is 14.8. The number of nitrogens with zero attached hydrogens (tertiary/aromatic N) is 4. The molecular weight excluding hydrogens is 398 g/mol. The van der Waals surface area contributed by atoms with Gasteiger partial charge in [0.1, 0.15) is 11.6 Å². The van der Waals surface area contributed by atoms with E-state index in [9.17, 15) is 4.79 Å². The van der Waals surface area contributed by atoms with Crippen molar-refractivity contribution in [1.82, 2.24) is 19.7 Å². The van der Waals surface area contributed by atoms with E-state index < -0.39 is 0 Å². The molecule has 152 valence electrons. The largest absolute Gasteiger partial charge is 0.495 e. The summed E-state index contributed by atoms with van der Waals surface area (Å²) in [6.45, 7) is 4.98. The number of ether oxygens (including phenoxy) is 1. The number of halogens is 1. The molecule has 0 saturated carbocycles. The highest BCUT2D eigenvalue weighted by Crippen LogP contribution is 2.29. The van der Waals surface area contributed by atoms with Gasteiger partial charge in [0.25, 0.3) is 0 Å². The maximum absolute atomic E-state index is 12.6. The zero-order valence-corrected chi connectivity index (χ0v) is 18.0. The van der Waals surface area contributed by atoms with Gasteiger partial charge in [0.15, 0.2) is 5.16 Å². The van der Waals surface area contributed by atoms with Crippen molar-refractivity contribution in [2.75, 3.05) is 38.3 Å². The first-order valence-electron chi connectivity index (χ1n) is 9.38. The molecule has 9 heteroatoms. The fourth-order valence-electron chi connectivity index (χ4n) is 3.63. The van der Waals surface area contributed by atoms with Crippen molar-refractivity contribution in [2.24, 2.45) is 0 Å². The fraction of sp³-hybridized carbons (Fsp3) is 0.526. The fourth-order valence-corrected chi connectivity index (χ4v) is 4.37. The van der Waals surface area contributed by atoms with Crippen molar-refractivity contribution in [3.05, 3.63) is 29.0 Å². The summed E-state index contributed by atoms with van der Waals surface area (Å²) in [6, 6.07) is 5.18. The van der Waals surface area contributed by atoms with Gasteiger partial charge in [-0.25, -0.2) is 0 Å². The lowest BCUT2D eigenvalue weighted by atomic mass is 9.97. The third kappa shape index (κ3) is 4.79. The lowest BCUT2D eigenvalue weighted by molar-refractivity contribution is -0.117. The Labute approximate surface area is 174 Å². The first-order chi connectivity index (χ1) is 13.5. The van der Waals surface area contributed by atoms with Crippen LogP contribution < -0.4 is 10.1 Å². The van der Waals surface area contributed by atoms with Crippen molar-refractivity contribution in [1.29, 1.82) is 0 Å². The van der Waals surface area contributed by atoms with E-state index in [1.807, 2.05) is 6.26 Å². The molecule has 1 amide bonds. The van der Waals surface area contributed by atoms with Crippen molar-refractivity contribution in [3.8, 4) is 5.75 Å². The monoisotopic (exact) mass is 423 g/mol. The minimum absolute atomic E-state index is 0.0806. The number of hydrogen-bond donors (Lipinski definition) is 1. The molecule has 1 aromatic heterocycles. The first kappa shape index (κ1) is 21.0. The molecule has 7 nitrogen and oxygen atoms in total. The molecule has 1 atom stereocenters. The van der Waals surface area contributed by atoms with E-state index in [0.29, 0.717) is 23.0 Å². The van der Waals surface area contributed by atoms with Crippen LogP contribution in [0.1, 0.15) is 31.5 Å². The molecule has 1 aliphatic rings. The number of methoxy groups -OCH3 is 1. The number of thioether (sulfide) groups is 1. The molecule has 0 radical (unpaired) electrons. The minimum atomic E-state index is -0.0806. The second kappa shape index (κ2) is 9.62. The Morgan fingerprint density at radius 1 is 1.43 bits per heavy atom. The van der Waals surface area contributed by atoms with E-state index in [2.05, 4.69) is 31.9 Å². The Bertz CT molecular complexity index is 829. The van der Waals surface area contributed by atoms with Crippen molar-refractivity contribution in [2.45, 2.75) is 37.4 Å². The summed E-state index contributed by atoms with van der Waals surface area (Å²) in [5.41, 5.74) is 0.587. The number of amides is 1. The molecule has 2 heterocycles. The van der Waals surface area contributed by atoms with Gasteiger partial charge in [0.2, 0.25) is 5.91 Å². The van der Waals surface area contributed by atoms with E-state index in [4.69, 9.17) is 16.3 Å². The second-order valence-corrected chi connectivity index (χ2v) is 7.97. The van der Waals surface area contributed by atoms with Crippen molar-refractivity contribution >= 4 is 35.0 Å². The molecule has 3 rings (SSSR count). The van der Waals surface area contributed by atoms with Gasteiger partial charge in [0, 0.05) is 24.0 Å². The van der Waals surface area contributed by atoms with Gasteiger partial charge in [-0.2, -0.15) is 0 Å². The molecule has 1 aromatic carbocycles. The average molecular weight is 424 g/mol. The molecule has 0 bridgehead atoms. The minimum Gasteiger partial charge on any atom is -0.495 e. The highest BCUT2D eigenvalue weighted by atomic mass is 35.5. The number of likely N-dealkylation sites (tertiary alicyclic amines) is 1. The van der Waals surface area contributed by atoms with Gasteiger partial charge in [-0.05, 0) is 50.8 Å². The summed E-state index contributed by atoms with van der Waals surface area (Å²) >= 11 is 7.66. The maximum Gasteiger partial charge on any atom is 0.238 e. The van der Waals surface area contributed by atoms with Crippen LogP contribution in [0.4, 0.5) is 5.69 Å². The second-order valence-electron chi connectivity index (χ2n) is 6.76. The van der Waals surface area contributed by atoms with Crippen LogP contribution in [0.3, 0.4) is 0 Å². The van der Waals surface area contributed by atoms with Gasteiger partial charge in [-0.3, -0.25) is 9.69 Å². The van der Waals surface area contributed by atoms with Crippen LogP contribution in [0.15, 0.2) is 23.4 Å². The number of benzene rings is 1. The van der Waals surface area contributed by atoms with Crippen molar-refractivity contribution < 1.29 is 9.53 Å². The van der Waals surface area contributed by atoms with Crippen LogP contribution >= 0.6 is 23.4 Å². The molecule has 2 aromatic rings. The van der Waals surface area contributed by atoms with Gasteiger partial charge in [-0.1, -0.05) is 23.4 Å². The van der Waals surface area contributed by atoms with E-state index in [1.54, 1.807) is 37.1 Å². The molecule has 28 heavy (non-hydrogen) atoms. The Kier molecular flexibility index (Phi) is 7.20. The number of anilines is 1. The number of rotatable bonds is 7. The summed E-state index contributed by atoms with van der Waals surface area (Å²) in [6.07, 6.45) is 4.11. The number of carbonyl (C=O) groups excluding carboxylic acids is 1. The Hall–Kier alpha value is -1.77. The molecule has 0 aliphatic carbocycles. The van der Waals surface area contributed by atoms with Crippen LogP contribution in [0.5, 0.6) is 5.75 Å². The number of hydrogen-bond acceptors (Lipinski definition) is 6. The van der Waals surface area contributed by atoms with E-state index in [0.717, 1.165) is 43.5 Å². The standard InChI is InChI=1S/C19H26ClN5O2S/c1-4-25-18(22-23-19(25)28-3)13-6-5-9-24(11-13)12-17(26)21-15-10-14(20)7-8-16(15)27-2/h7-8,10,13H,4-6,9,11-12H2,1-3H3,(H,21,26). The topological polar surface area (TPSA) is 72.3 Å². The Morgan fingerprint density at radius 2 is 2.25 bits per heavy atom. The zero-order chi connectivity index (χ0) is 20.1. The van der Waals surface area contributed by atoms with Crippen LogP contribution in [-0.2, 0) is 11.3 Å². The lowest BCUT2D eigenvalue weighted by Gasteiger charge is -2.31. The molecular formula is C19H26ClN5O2S. The average Bonchev–Trinajstić information content (AvgIpc) is 3.11. The zero-order valence-electron chi connectivity index (χ0n) is 16.4. The van der Waals surface area contributed by atoms with Crippen LogP contribution in [-0.4, -0.2) is 58.6 Å². The molecule has 0 spiro atoms. The predicted molar refractivity (Wildman–Crippen MR) is 113 cm³/mol. The van der Waals surface area contributed by atoms with E-state index in [-0.39, 0.29) is 11.8 Å². The normalized spacial score (nSPS) is 17.5. The van der Waals surface area contributed by atoms with E-state index >= 15 is 0 Å². The predicted octanol–water partition coefficient (Wildman–Crippen LogP) is 3.50. The first-order valence-corrected chi connectivity index (χ1v) is 11.0. The van der Waals surface area contributed by atoms with Crippen LogP contribution in [0, 0.1) is 0 Å². The number of piperidine rings is 1. The molecule has 1 saturated heterocycles. The third-order valence-electron chi connectivity index (χ3n) is 4.92. The van der Waals surface area contributed by atoms with Gasteiger partial charge < -0.3 is 14.6 Å². The highest BCUT2D eigenvalue weighted by Gasteiger charge is 2.27. The number of nitrogens with one attached hydrogen (secondary N) is 1.